The van der Waals surface area contributed by atoms with Crippen LogP contribution in [0.1, 0.15) is 25.0 Å². The summed E-state index contributed by atoms with van der Waals surface area (Å²) in [6.07, 6.45) is 0. The van der Waals surface area contributed by atoms with Gasteiger partial charge in [-0.3, -0.25) is 0 Å². The van der Waals surface area contributed by atoms with Gasteiger partial charge in [-0.25, -0.2) is 9.97 Å². The molecule has 0 radical (unpaired) electrons. The molecule has 0 fully saturated rings. The summed E-state index contributed by atoms with van der Waals surface area (Å²) >= 11 is 0. The van der Waals surface area contributed by atoms with E-state index in [0.717, 1.165) is 44.8 Å². The van der Waals surface area contributed by atoms with E-state index in [1.54, 1.807) is 0 Å². The molecule has 0 saturated heterocycles. The summed E-state index contributed by atoms with van der Waals surface area (Å²) in [6, 6.07) is 71.9. The molecule has 1 aliphatic rings. The number of benzene rings is 8. The van der Waals surface area contributed by atoms with Crippen LogP contribution in [0, 0.1) is 0 Å². The van der Waals surface area contributed by atoms with E-state index in [-0.39, 0.29) is 5.41 Å². The van der Waals surface area contributed by atoms with Gasteiger partial charge in [0.15, 0.2) is 5.82 Å². The van der Waals surface area contributed by atoms with E-state index in [9.17, 15) is 0 Å². The smallest absolute Gasteiger partial charge is 0.160 e. The second kappa shape index (κ2) is 13.4. The van der Waals surface area contributed by atoms with E-state index >= 15 is 0 Å². The molecule has 11 rings (SSSR count). The van der Waals surface area contributed by atoms with Gasteiger partial charge in [0.05, 0.1) is 22.4 Å². The van der Waals surface area contributed by atoms with Crippen molar-refractivity contribution in [2.45, 2.75) is 19.3 Å². The van der Waals surface area contributed by atoms with Crippen molar-refractivity contribution >= 4 is 21.8 Å². The lowest BCUT2D eigenvalue weighted by Crippen LogP contribution is -2.14. The Morgan fingerprint density at radius 3 is 1.64 bits per heavy atom. The van der Waals surface area contributed by atoms with Gasteiger partial charge in [-0.05, 0) is 87.0 Å². The van der Waals surface area contributed by atoms with E-state index in [1.165, 1.54) is 55.3 Å². The first-order valence-corrected chi connectivity index (χ1v) is 20.0. The summed E-state index contributed by atoms with van der Waals surface area (Å²) in [5.41, 5.74) is 18.6. The predicted molar refractivity (Wildman–Crippen MR) is 241 cm³/mol. The molecule has 0 aliphatic heterocycles. The van der Waals surface area contributed by atoms with Gasteiger partial charge in [0.1, 0.15) is 0 Å². The first-order valence-electron chi connectivity index (χ1n) is 20.0. The maximum atomic E-state index is 5.16. The van der Waals surface area contributed by atoms with Gasteiger partial charge in [-0.2, -0.15) is 0 Å². The topological polar surface area (TPSA) is 30.7 Å². The van der Waals surface area contributed by atoms with Crippen LogP contribution in [0.3, 0.4) is 0 Å². The van der Waals surface area contributed by atoms with Gasteiger partial charge in [0.2, 0.25) is 0 Å². The molecule has 0 atom stereocenters. The van der Waals surface area contributed by atoms with Gasteiger partial charge < -0.3 is 4.57 Å². The number of nitrogens with zero attached hydrogens (tertiary/aromatic N) is 3. The number of para-hydroxylation sites is 1. The van der Waals surface area contributed by atoms with Crippen LogP contribution in [0.2, 0.25) is 0 Å². The van der Waals surface area contributed by atoms with Gasteiger partial charge >= 0.3 is 0 Å². The van der Waals surface area contributed by atoms with Crippen LogP contribution in [-0.2, 0) is 5.41 Å². The van der Waals surface area contributed by atoms with Crippen molar-refractivity contribution in [1.82, 2.24) is 14.5 Å². The van der Waals surface area contributed by atoms with E-state index in [2.05, 4.69) is 194 Å². The molecule has 3 nitrogen and oxygen atoms in total. The molecule has 0 amide bonds. The highest BCUT2D eigenvalue weighted by Gasteiger charge is 2.35. The van der Waals surface area contributed by atoms with Crippen molar-refractivity contribution in [2.75, 3.05) is 0 Å². The van der Waals surface area contributed by atoms with Crippen molar-refractivity contribution in [3.05, 3.63) is 211 Å². The SMILES string of the molecule is CC1(C)c2ccccc2-c2ccc(-c3ccc(-c4ccc5c(c4)c4ccc(-c6cc(-c7ccccc7)nc(-c7ccccc7)n6)cc4n5-c4ccccc4)cc3)cc21. The predicted octanol–water partition coefficient (Wildman–Crippen LogP) is 14.2. The minimum Gasteiger partial charge on any atom is -0.309 e. The summed E-state index contributed by atoms with van der Waals surface area (Å²) in [6.45, 7) is 4.69. The monoisotopic (exact) mass is 741 g/mol. The average Bonchev–Trinajstić information content (AvgIpc) is 3.74. The number of hydrogen-bond acceptors (Lipinski definition) is 2. The summed E-state index contributed by atoms with van der Waals surface area (Å²) in [4.78, 5) is 10.2. The zero-order valence-corrected chi connectivity index (χ0v) is 32.4. The second-order valence-electron chi connectivity index (χ2n) is 15.8. The van der Waals surface area contributed by atoms with Crippen LogP contribution in [0.5, 0.6) is 0 Å². The maximum absolute atomic E-state index is 5.16. The van der Waals surface area contributed by atoms with Crippen LogP contribution in [0.15, 0.2) is 200 Å². The van der Waals surface area contributed by atoms with Crippen molar-refractivity contribution in [3.8, 4) is 73.0 Å². The standard InChI is InChI=1S/C55H39N3/c1-55(2)48-21-13-12-20-44(48)45-29-26-41(33-49(45)55)37-24-22-36(23-25-37)40-28-31-52-47(32-40)46-30-27-42(34-53(46)58(52)43-18-10-5-11-19-43)51-35-50(38-14-6-3-7-15-38)56-54(57-51)39-16-8-4-9-17-39/h3-35H,1-2H3. The lowest BCUT2D eigenvalue weighted by atomic mass is 9.81. The quantitative estimate of drug-likeness (QED) is 0.170. The van der Waals surface area contributed by atoms with E-state index in [4.69, 9.17) is 9.97 Å². The fourth-order valence-corrected chi connectivity index (χ4v) is 9.02. The lowest BCUT2D eigenvalue weighted by Gasteiger charge is -2.22. The molecular formula is C55H39N3. The highest BCUT2D eigenvalue weighted by Crippen LogP contribution is 2.49. The second-order valence-corrected chi connectivity index (χ2v) is 15.8. The molecule has 0 saturated carbocycles. The van der Waals surface area contributed by atoms with E-state index < -0.39 is 0 Å². The van der Waals surface area contributed by atoms with Crippen LogP contribution < -0.4 is 0 Å². The highest BCUT2D eigenvalue weighted by molar-refractivity contribution is 6.11. The Morgan fingerprint density at radius 2 is 0.914 bits per heavy atom. The fraction of sp³-hybridized carbons (Fsp3) is 0.0545. The first-order chi connectivity index (χ1) is 28.5. The summed E-state index contributed by atoms with van der Waals surface area (Å²) < 4.78 is 2.38. The number of aromatic nitrogens is 3. The zero-order valence-electron chi connectivity index (χ0n) is 32.4. The Hall–Kier alpha value is -7.36. The van der Waals surface area contributed by atoms with Crippen molar-refractivity contribution in [1.29, 1.82) is 0 Å². The molecule has 10 aromatic rings. The molecule has 3 heteroatoms. The molecule has 1 aliphatic carbocycles. The molecule has 274 valence electrons. The minimum atomic E-state index is -0.0258. The Morgan fingerprint density at radius 1 is 0.362 bits per heavy atom. The van der Waals surface area contributed by atoms with Crippen molar-refractivity contribution < 1.29 is 0 Å². The zero-order chi connectivity index (χ0) is 38.8. The Balaban J connectivity index is 1.01. The van der Waals surface area contributed by atoms with E-state index in [0.29, 0.717) is 5.82 Å². The van der Waals surface area contributed by atoms with Gasteiger partial charge in [-0.15, -0.1) is 0 Å². The molecule has 0 unspecified atom stereocenters. The molecule has 2 heterocycles. The van der Waals surface area contributed by atoms with Gasteiger partial charge in [0.25, 0.3) is 0 Å². The average molecular weight is 742 g/mol. The number of hydrogen-bond donors (Lipinski definition) is 0. The molecule has 0 N–H and O–H groups in total. The Bertz CT molecular complexity index is 3100. The molecule has 0 spiro atoms. The van der Waals surface area contributed by atoms with Gasteiger partial charge in [-0.1, -0.05) is 172 Å². The maximum Gasteiger partial charge on any atom is 0.160 e. The largest absolute Gasteiger partial charge is 0.309 e. The van der Waals surface area contributed by atoms with Crippen LogP contribution in [0.4, 0.5) is 0 Å². The van der Waals surface area contributed by atoms with Crippen molar-refractivity contribution in [2.24, 2.45) is 0 Å². The normalized spacial score (nSPS) is 12.8. The molecule has 58 heavy (non-hydrogen) atoms. The summed E-state index contributed by atoms with van der Waals surface area (Å²) in [7, 11) is 0. The number of fused-ring (bicyclic) bond motifs is 6. The van der Waals surface area contributed by atoms with Crippen LogP contribution >= 0.6 is 0 Å². The third kappa shape index (κ3) is 5.58. The highest BCUT2D eigenvalue weighted by atomic mass is 15.0. The van der Waals surface area contributed by atoms with Crippen molar-refractivity contribution in [3.63, 3.8) is 0 Å². The van der Waals surface area contributed by atoms with Gasteiger partial charge in [0, 0.05) is 38.6 Å². The minimum absolute atomic E-state index is 0.0258. The Labute approximate surface area is 338 Å². The lowest BCUT2D eigenvalue weighted by molar-refractivity contribution is 0.660. The van der Waals surface area contributed by atoms with Crippen LogP contribution in [0.25, 0.3) is 94.8 Å². The molecular weight excluding hydrogens is 703 g/mol. The fourth-order valence-electron chi connectivity index (χ4n) is 9.02. The third-order valence-corrected chi connectivity index (χ3v) is 12.0. The van der Waals surface area contributed by atoms with Crippen LogP contribution in [-0.4, -0.2) is 14.5 Å². The Kier molecular flexibility index (Phi) is 7.84. The molecule has 0 bridgehead atoms. The first kappa shape index (κ1) is 33.9. The summed E-state index contributed by atoms with van der Waals surface area (Å²) in [5, 5.41) is 2.41. The molecule has 8 aromatic carbocycles. The van der Waals surface area contributed by atoms with E-state index in [1.807, 2.05) is 24.3 Å². The number of rotatable bonds is 6. The third-order valence-electron chi connectivity index (χ3n) is 12.0. The summed E-state index contributed by atoms with van der Waals surface area (Å²) in [5.74, 6) is 0.710. The molecule has 2 aromatic heterocycles.